The van der Waals surface area contributed by atoms with Crippen molar-refractivity contribution in [3.63, 3.8) is 0 Å². The minimum absolute atomic E-state index is 0.157. The Morgan fingerprint density at radius 3 is 2.21 bits per heavy atom. The summed E-state index contributed by atoms with van der Waals surface area (Å²) in [4.78, 5) is 33.4. The number of hydrogen-bond donors (Lipinski definition) is 1. The van der Waals surface area contributed by atoms with Crippen LogP contribution in [-0.2, 0) is 15.6 Å². The molecule has 3 aromatic carbocycles. The Balaban J connectivity index is 1.19. The van der Waals surface area contributed by atoms with Crippen molar-refractivity contribution in [2.24, 2.45) is 0 Å². The number of amides is 3. The maximum Gasteiger partial charge on any atom is 0.321 e. The molecule has 0 radical (unpaired) electrons. The molecule has 0 aliphatic carbocycles. The summed E-state index contributed by atoms with van der Waals surface area (Å²) in [7, 11) is -3.64. The molecule has 1 N–H and O–H groups in total. The maximum atomic E-state index is 13.1. The zero-order chi connectivity index (χ0) is 26.7. The number of sulfone groups is 1. The molecule has 1 aliphatic heterocycles. The normalized spacial score (nSPS) is 13.9. The molecule has 0 bridgehead atoms. The zero-order valence-corrected chi connectivity index (χ0v) is 22.0. The fourth-order valence-electron chi connectivity index (χ4n) is 4.40. The molecular weight excluding hydrogens is 524 g/mol. The molecule has 1 fully saturated rings. The van der Waals surface area contributed by atoms with E-state index in [0.29, 0.717) is 53.5 Å². The number of benzene rings is 3. The lowest BCUT2D eigenvalue weighted by molar-refractivity contribution is 0.0671. The van der Waals surface area contributed by atoms with Gasteiger partial charge in [-0.05, 0) is 54.1 Å². The monoisotopic (exact) mass is 548 g/mol. The quantitative estimate of drug-likeness (QED) is 0.384. The molecule has 8 nitrogen and oxygen atoms in total. The van der Waals surface area contributed by atoms with Crippen LogP contribution in [0, 0.1) is 0 Å². The highest BCUT2D eigenvalue weighted by Crippen LogP contribution is 2.24. The van der Waals surface area contributed by atoms with Crippen molar-refractivity contribution in [2.45, 2.75) is 10.6 Å². The summed E-state index contributed by atoms with van der Waals surface area (Å²) < 4.78 is 26.3. The molecule has 0 spiro atoms. The number of carbonyl (C=O) groups is 2. The molecule has 1 aromatic heterocycles. The van der Waals surface area contributed by atoms with Crippen LogP contribution in [0.2, 0.25) is 5.02 Å². The number of piperazine rings is 1. The van der Waals surface area contributed by atoms with E-state index in [1.54, 1.807) is 82.7 Å². The maximum absolute atomic E-state index is 13.1. The first-order valence-electron chi connectivity index (χ1n) is 12.1. The molecular formula is C28H25ClN4O4S. The number of aromatic nitrogens is 1. The summed E-state index contributed by atoms with van der Waals surface area (Å²) >= 11 is 5.88. The second kappa shape index (κ2) is 10.8. The number of nitrogens with one attached hydrogen (secondary N) is 1. The van der Waals surface area contributed by atoms with Gasteiger partial charge >= 0.3 is 6.03 Å². The Bertz CT molecular complexity index is 1580. The lowest BCUT2D eigenvalue weighted by Crippen LogP contribution is -2.51. The summed E-state index contributed by atoms with van der Waals surface area (Å²) in [6.07, 6.45) is 1.58. The van der Waals surface area contributed by atoms with Crippen LogP contribution in [-0.4, -0.2) is 61.3 Å². The molecule has 2 heterocycles. The second-order valence-corrected chi connectivity index (χ2v) is 11.4. The number of para-hydroxylation sites is 1. The Hall–Kier alpha value is -3.95. The number of fused-ring (bicyclic) bond motifs is 1. The molecule has 1 saturated heterocycles. The number of hydrogen-bond acceptors (Lipinski definition) is 5. The van der Waals surface area contributed by atoms with Gasteiger partial charge < -0.3 is 15.1 Å². The zero-order valence-electron chi connectivity index (χ0n) is 20.4. The lowest BCUT2D eigenvalue weighted by Gasteiger charge is -2.34. The van der Waals surface area contributed by atoms with Gasteiger partial charge in [-0.3, -0.25) is 9.78 Å². The predicted molar refractivity (Wildman–Crippen MR) is 147 cm³/mol. The number of rotatable bonds is 5. The van der Waals surface area contributed by atoms with E-state index >= 15 is 0 Å². The van der Waals surface area contributed by atoms with E-state index < -0.39 is 9.84 Å². The molecule has 4 aromatic rings. The van der Waals surface area contributed by atoms with Gasteiger partial charge in [0.15, 0.2) is 9.84 Å². The number of carbonyl (C=O) groups excluding carboxylic acids is 2. The van der Waals surface area contributed by atoms with Gasteiger partial charge in [-0.15, -0.1) is 0 Å². The second-order valence-electron chi connectivity index (χ2n) is 9.00. The number of halogens is 1. The molecule has 0 saturated carbocycles. The Morgan fingerprint density at radius 1 is 0.842 bits per heavy atom. The minimum Gasteiger partial charge on any atom is -0.335 e. The molecule has 3 amide bonds. The first-order valence-corrected chi connectivity index (χ1v) is 14.1. The standard InChI is InChI=1S/C28H25ClN4O4S/c29-23-10-12-24(13-11-23)31-28(35)33-17-15-32(16-18-33)27(34)22-8-6-20(7-9-22)19-38(36,37)25-5-1-3-21-4-2-14-30-26(21)25/h1-14H,15-19H2,(H,31,35). The van der Waals surface area contributed by atoms with Crippen LogP contribution < -0.4 is 5.32 Å². The van der Waals surface area contributed by atoms with Crippen molar-refractivity contribution in [3.8, 4) is 0 Å². The third-order valence-electron chi connectivity index (χ3n) is 6.44. The highest BCUT2D eigenvalue weighted by molar-refractivity contribution is 7.90. The van der Waals surface area contributed by atoms with Crippen LogP contribution in [0.3, 0.4) is 0 Å². The smallest absolute Gasteiger partial charge is 0.321 e. The van der Waals surface area contributed by atoms with Crippen molar-refractivity contribution in [1.82, 2.24) is 14.8 Å². The highest BCUT2D eigenvalue weighted by atomic mass is 35.5. The molecule has 0 unspecified atom stereocenters. The number of anilines is 1. The number of urea groups is 1. The van der Waals surface area contributed by atoms with Crippen LogP contribution in [0.15, 0.2) is 90.0 Å². The fraction of sp³-hybridized carbons (Fsp3) is 0.179. The van der Waals surface area contributed by atoms with Gasteiger partial charge in [0.25, 0.3) is 5.91 Å². The minimum atomic E-state index is -3.64. The molecule has 0 atom stereocenters. The van der Waals surface area contributed by atoms with Crippen LogP contribution in [0.4, 0.5) is 10.5 Å². The van der Waals surface area contributed by atoms with Crippen LogP contribution in [0.25, 0.3) is 10.9 Å². The molecule has 194 valence electrons. The van der Waals surface area contributed by atoms with Crippen LogP contribution in [0.1, 0.15) is 15.9 Å². The molecule has 5 rings (SSSR count). The highest BCUT2D eigenvalue weighted by Gasteiger charge is 2.25. The topological polar surface area (TPSA) is 99.7 Å². The summed E-state index contributed by atoms with van der Waals surface area (Å²) in [5, 5.41) is 4.18. The van der Waals surface area contributed by atoms with Crippen molar-refractivity contribution in [2.75, 3.05) is 31.5 Å². The van der Waals surface area contributed by atoms with Crippen molar-refractivity contribution in [3.05, 3.63) is 101 Å². The van der Waals surface area contributed by atoms with Gasteiger partial charge in [0.05, 0.1) is 16.2 Å². The van der Waals surface area contributed by atoms with Gasteiger partial charge in [0.2, 0.25) is 0 Å². The molecule has 10 heteroatoms. The van der Waals surface area contributed by atoms with E-state index in [9.17, 15) is 18.0 Å². The third kappa shape index (κ3) is 5.64. The first kappa shape index (κ1) is 25.7. The van der Waals surface area contributed by atoms with E-state index in [2.05, 4.69) is 10.3 Å². The van der Waals surface area contributed by atoms with Crippen molar-refractivity contribution >= 4 is 50.0 Å². The van der Waals surface area contributed by atoms with Crippen molar-refractivity contribution < 1.29 is 18.0 Å². The van der Waals surface area contributed by atoms with Crippen molar-refractivity contribution in [1.29, 1.82) is 0 Å². The Labute approximate surface area is 225 Å². The van der Waals surface area contributed by atoms with E-state index in [1.165, 1.54) is 0 Å². The Morgan fingerprint density at radius 2 is 1.50 bits per heavy atom. The van der Waals surface area contributed by atoms with E-state index in [0.717, 1.165) is 5.39 Å². The van der Waals surface area contributed by atoms with Crippen LogP contribution >= 0.6 is 11.6 Å². The van der Waals surface area contributed by atoms with Crippen LogP contribution in [0.5, 0.6) is 0 Å². The summed E-state index contributed by atoms with van der Waals surface area (Å²) in [5.41, 5.74) is 2.15. The number of nitrogens with zero attached hydrogens (tertiary/aromatic N) is 3. The molecule has 1 aliphatic rings. The van der Waals surface area contributed by atoms with Gasteiger partial charge in [0.1, 0.15) is 0 Å². The SMILES string of the molecule is O=C(Nc1ccc(Cl)cc1)N1CCN(C(=O)c2ccc(CS(=O)(=O)c3cccc4cccnc34)cc2)CC1. The first-order chi connectivity index (χ1) is 18.3. The Kier molecular flexibility index (Phi) is 7.31. The van der Waals surface area contributed by atoms with E-state index in [-0.39, 0.29) is 22.6 Å². The van der Waals surface area contributed by atoms with Gasteiger partial charge in [-0.1, -0.05) is 41.9 Å². The summed E-state index contributed by atoms with van der Waals surface area (Å²) in [5.74, 6) is -0.353. The third-order valence-corrected chi connectivity index (χ3v) is 8.40. The number of pyridine rings is 1. The van der Waals surface area contributed by atoms with Gasteiger partial charge in [-0.2, -0.15) is 0 Å². The lowest BCUT2D eigenvalue weighted by atomic mass is 10.1. The average Bonchev–Trinajstić information content (AvgIpc) is 2.94. The largest absolute Gasteiger partial charge is 0.335 e. The summed E-state index contributed by atoms with van der Waals surface area (Å²) in [6, 6.07) is 22.0. The van der Waals surface area contributed by atoms with E-state index in [4.69, 9.17) is 11.6 Å². The van der Waals surface area contributed by atoms with E-state index in [1.807, 2.05) is 12.1 Å². The summed E-state index contributed by atoms with van der Waals surface area (Å²) in [6.45, 7) is 1.61. The van der Waals surface area contributed by atoms with Gasteiger partial charge in [0, 0.05) is 54.0 Å². The van der Waals surface area contributed by atoms with Gasteiger partial charge in [-0.25, -0.2) is 13.2 Å². The average molecular weight is 549 g/mol. The molecule has 38 heavy (non-hydrogen) atoms. The fourth-order valence-corrected chi connectivity index (χ4v) is 6.06. The predicted octanol–water partition coefficient (Wildman–Crippen LogP) is 4.85.